The predicted octanol–water partition coefficient (Wildman–Crippen LogP) is 2.65. The van der Waals surface area contributed by atoms with Gasteiger partial charge in [0.1, 0.15) is 0 Å². The van der Waals surface area contributed by atoms with Gasteiger partial charge in [0.2, 0.25) is 0 Å². The second kappa shape index (κ2) is 4.02. The van der Waals surface area contributed by atoms with Gasteiger partial charge in [0.25, 0.3) is 0 Å². The van der Waals surface area contributed by atoms with E-state index in [1.54, 1.807) is 0 Å². The van der Waals surface area contributed by atoms with Crippen LogP contribution in [0.2, 0.25) is 0 Å². The highest BCUT2D eigenvalue weighted by molar-refractivity contribution is 6.02. The Morgan fingerprint density at radius 1 is 1.38 bits per heavy atom. The largest absolute Gasteiger partial charge is 0.395 e. The van der Waals surface area contributed by atoms with Gasteiger partial charge < -0.3 is 5.11 Å². The Hall–Kier alpha value is -1.15. The van der Waals surface area contributed by atoms with Crippen LogP contribution in [0.5, 0.6) is 0 Å². The van der Waals surface area contributed by atoms with Crippen LogP contribution in [0.4, 0.5) is 0 Å². The van der Waals surface area contributed by atoms with E-state index >= 15 is 0 Å². The number of Topliss-reactive ketones (excluding diaryl/α,β-unsaturated/α-hetero) is 1. The minimum Gasteiger partial charge on any atom is -0.395 e. The summed E-state index contributed by atoms with van der Waals surface area (Å²) in [6, 6.07) is 5.93. The molecule has 1 aromatic carbocycles. The third-order valence-electron chi connectivity index (χ3n) is 3.73. The molecule has 2 rings (SSSR count). The van der Waals surface area contributed by atoms with Crippen LogP contribution in [0, 0.1) is 19.3 Å². The maximum Gasteiger partial charge on any atom is 0.171 e. The first-order chi connectivity index (χ1) is 7.59. The quantitative estimate of drug-likeness (QED) is 0.792. The second-order valence-electron chi connectivity index (χ2n) is 4.94. The maximum absolute atomic E-state index is 12.4. The lowest BCUT2D eigenvalue weighted by molar-refractivity contribution is 0.0347. The molecule has 0 radical (unpaired) electrons. The fourth-order valence-electron chi connectivity index (χ4n) is 2.33. The molecule has 0 aromatic heterocycles. The van der Waals surface area contributed by atoms with Crippen LogP contribution in [0.1, 0.15) is 40.7 Å². The van der Waals surface area contributed by atoms with Gasteiger partial charge in [-0.25, -0.2) is 0 Å². The first-order valence-electron chi connectivity index (χ1n) is 5.82. The van der Waals surface area contributed by atoms with E-state index in [9.17, 15) is 9.90 Å². The normalized spacial score (nSPS) is 17.9. The van der Waals surface area contributed by atoms with Crippen LogP contribution in [-0.2, 0) is 0 Å². The molecule has 0 bridgehead atoms. The van der Waals surface area contributed by atoms with Crippen LogP contribution in [0.15, 0.2) is 18.2 Å². The zero-order valence-corrected chi connectivity index (χ0v) is 9.92. The van der Waals surface area contributed by atoms with Gasteiger partial charge in [-0.3, -0.25) is 4.79 Å². The SMILES string of the molecule is Cc1ccc(C)c(C(=O)C2(CO)CCC2)c1. The fraction of sp³-hybridized carbons (Fsp3) is 0.500. The number of ketones is 1. The molecule has 0 spiro atoms. The van der Waals surface area contributed by atoms with Crippen LogP contribution >= 0.6 is 0 Å². The molecule has 1 aromatic rings. The zero-order chi connectivity index (χ0) is 11.8. The van der Waals surface area contributed by atoms with E-state index < -0.39 is 5.41 Å². The number of carbonyl (C=O) groups excluding carboxylic acids is 1. The number of aliphatic hydroxyl groups excluding tert-OH is 1. The monoisotopic (exact) mass is 218 g/mol. The summed E-state index contributed by atoms with van der Waals surface area (Å²) in [6.45, 7) is 3.93. The molecule has 1 N–H and O–H groups in total. The summed E-state index contributed by atoms with van der Waals surface area (Å²) in [5.74, 6) is 0.127. The lowest BCUT2D eigenvalue weighted by Gasteiger charge is -2.39. The van der Waals surface area contributed by atoms with Crippen LogP contribution < -0.4 is 0 Å². The third kappa shape index (κ3) is 1.67. The molecule has 1 aliphatic carbocycles. The summed E-state index contributed by atoms with van der Waals surface area (Å²) in [5, 5.41) is 9.41. The zero-order valence-electron chi connectivity index (χ0n) is 9.92. The summed E-state index contributed by atoms with van der Waals surface area (Å²) >= 11 is 0. The molecule has 0 aliphatic heterocycles. The molecule has 1 fully saturated rings. The Bertz CT molecular complexity index is 411. The average Bonchev–Trinajstić information content (AvgIpc) is 2.21. The van der Waals surface area contributed by atoms with Crippen molar-refractivity contribution >= 4 is 5.78 Å². The molecule has 0 saturated heterocycles. The maximum atomic E-state index is 12.4. The lowest BCUT2D eigenvalue weighted by atomic mass is 9.64. The van der Waals surface area contributed by atoms with Gasteiger partial charge in [-0.05, 0) is 38.3 Å². The molecule has 0 atom stereocenters. The topological polar surface area (TPSA) is 37.3 Å². The van der Waals surface area contributed by atoms with Gasteiger partial charge in [-0.1, -0.05) is 24.1 Å². The van der Waals surface area contributed by atoms with Crippen molar-refractivity contribution in [2.75, 3.05) is 6.61 Å². The molecule has 2 nitrogen and oxygen atoms in total. The molecule has 0 heterocycles. The highest BCUT2D eigenvalue weighted by Crippen LogP contribution is 2.43. The van der Waals surface area contributed by atoms with Crippen molar-refractivity contribution in [1.29, 1.82) is 0 Å². The van der Waals surface area contributed by atoms with Gasteiger partial charge in [0, 0.05) is 5.56 Å². The Morgan fingerprint density at radius 3 is 2.56 bits per heavy atom. The standard InChI is InChI=1S/C14H18O2/c1-10-4-5-11(2)12(8-10)13(16)14(9-15)6-3-7-14/h4-5,8,15H,3,6-7,9H2,1-2H3. The number of hydrogen-bond donors (Lipinski definition) is 1. The summed E-state index contributed by atoms with van der Waals surface area (Å²) < 4.78 is 0. The van der Waals surface area contributed by atoms with Crippen molar-refractivity contribution in [3.05, 3.63) is 34.9 Å². The van der Waals surface area contributed by atoms with Crippen LogP contribution in [0.3, 0.4) is 0 Å². The molecular formula is C14H18O2. The highest BCUT2D eigenvalue weighted by atomic mass is 16.3. The highest BCUT2D eigenvalue weighted by Gasteiger charge is 2.44. The molecule has 1 saturated carbocycles. The fourth-order valence-corrected chi connectivity index (χ4v) is 2.33. The number of hydrogen-bond acceptors (Lipinski definition) is 2. The van der Waals surface area contributed by atoms with Crippen molar-refractivity contribution in [2.24, 2.45) is 5.41 Å². The van der Waals surface area contributed by atoms with E-state index in [0.717, 1.165) is 36.0 Å². The minimum absolute atomic E-state index is 0.0147. The Balaban J connectivity index is 2.37. The van der Waals surface area contributed by atoms with Crippen molar-refractivity contribution in [3.63, 3.8) is 0 Å². The van der Waals surface area contributed by atoms with Gasteiger partial charge in [0.05, 0.1) is 12.0 Å². The Labute approximate surface area is 96.3 Å². The third-order valence-corrected chi connectivity index (χ3v) is 3.73. The first-order valence-corrected chi connectivity index (χ1v) is 5.82. The van der Waals surface area contributed by atoms with Crippen molar-refractivity contribution < 1.29 is 9.90 Å². The molecule has 1 aliphatic rings. The molecule has 86 valence electrons. The molecule has 16 heavy (non-hydrogen) atoms. The van der Waals surface area contributed by atoms with Gasteiger partial charge >= 0.3 is 0 Å². The van der Waals surface area contributed by atoms with E-state index in [1.165, 1.54) is 0 Å². The molecule has 2 heteroatoms. The predicted molar refractivity (Wildman–Crippen MR) is 63.6 cm³/mol. The minimum atomic E-state index is -0.474. The van der Waals surface area contributed by atoms with E-state index in [2.05, 4.69) is 0 Å². The van der Waals surface area contributed by atoms with Crippen molar-refractivity contribution in [2.45, 2.75) is 33.1 Å². The summed E-state index contributed by atoms with van der Waals surface area (Å²) in [5.41, 5.74) is 2.42. The molecule has 0 unspecified atom stereocenters. The van der Waals surface area contributed by atoms with Gasteiger partial charge in [-0.15, -0.1) is 0 Å². The van der Waals surface area contributed by atoms with Crippen LogP contribution in [-0.4, -0.2) is 17.5 Å². The summed E-state index contributed by atoms with van der Waals surface area (Å²) in [7, 11) is 0. The summed E-state index contributed by atoms with van der Waals surface area (Å²) in [6.07, 6.45) is 2.71. The molecule has 0 amide bonds. The van der Waals surface area contributed by atoms with E-state index in [0.29, 0.717) is 0 Å². The van der Waals surface area contributed by atoms with E-state index in [1.807, 2.05) is 32.0 Å². The number of aryl methyl sites for hydroxylation is 2. The number of benzene rings is 1. The Morgan fingerprint density at radius 2 is 2.06 bits per heavy atom. The summed E-state index contributed by atoms with van der Waals surface area (Å²) in [4.78, 5) is 12.4. The van der Waals surface area contributed by atoms with Gasteiger partial charge in [-0.2, -0.15) is 0 Å². The first kappa shape index (κ1) is 11.3. The lowest BCUT2D eigenvalue weighted by Crippen LogP contribution is -2.41. The Kier molecular flexibility index (Phi) is 2.85. The van der Waals surface area contributed by atoms with Crippen molar-refractivity contribution in [1.82, 2.24) is 0 Å². The number of carbonyl (C=O) groups is 1. The van der Waals surface area contributed by atoms with Crippen LogP contribution in [0.25, 0.3) is 0 Å². The van der Waals surface area contributed by atoms with Gasteiger partial charge in [0.15, 0.2) is 5.78 Å². The van der Waals surface area contributed by atoms with E-state index in [4.69, 9.17) is 0 Å². The second-order valence-corrected chi connectivity index (χ2v) is 4.94. The van der Waals surface area contributed by atoms with Crippen molar-refractivity contribution in [3.8, 4) is 0 Å². The average molecular weight is 218 g/mol. The smallest absolute Gasteiger partial charge is 0.171 e. The number of aliphatic hydroxyl groups is 1. The molecular weight excluding hydrogens is 200 g/mol. The van der Waals surface area contributed by atoms with E-state index in [-0.39, 0.29) is 12.4 Å². The number of rotatable bonds is 3.